The molecule has 36 heavy (non-hydrogen) atoms. The number of anilines is 1. The highest BCUT2D eigenvalue weighted by Crippen LogP contribution is 2.31. The topological polar surface area (TPSA) is 128 Å². The molecule has 186 valence electrons. The van der Waals surface area contributed by atoms with E-state index in [0.29, 0.717) is 6.20 Å². The Kier molecular flexibility index (Phi) is 6.89. The zero-order valence-corrected chi connectivity index (χ0v) is 19.7. The van der Waals surface area contributed by atoms with E-state index in [9.17, 15) is 27.9 Å². The molecule has 1 amide bonds. The summed E-state index contributed by atoms with van der Waals surface area (Å²) in [6.45, 7) is -0.337. The molecule has 0 spiro atoms. The molecule has 4 rings (SSSR count). The lowest BCUT2D eigenvalue weighted by Gasteiger charge is -2.12. The zero-order valence-electron chi connectivity index (χ0n) is 17.5. The number of benzene rings is 1. The Balaban J connectivity index is 1.75. The van der Waals surface area contributed by atoms with Crippen LogP contribution in [0.25, 0.3) is 5.82 Å². The van der Waals surface area contributed by atoms with Crippen LogP contribution in [0.1, 0.15) is 32.2 Å². The summed E-state index contributed by atoms with van der Waals surface area (Å²) in [5, 5.41) is 23.0. The summed E-state index contributed by atoms with van der Waals surface area (Å²) in [5.41, 5.74) is -1.92. The van der Waals surface area contributed by atoms with Crippen LogP contribution in [0, 0.1) is 0 Å². The van der Waals surface area contributed by atoms with Crippen molar-refractivity contribution in [2.45, 2.75) is 12.7 Å². The summed E-state index contributed by atoms with van der Waals surface area (Å²) in [7, 11) is 0. The second-order valence-electron chi connectivity index (χ2n) is 7.07. The minimum absolute atomic E-state index is 0.0284. The van der Waals surface area contributed by atoms with E-state index in [4.69, 9.17) is 34.8 Å². The molecule has 2 N–H and O–H groups in total. The first-order chi connectivity index (χ1) is 16.9. The third kappa shape index (κ3) is 5.27. The average molecular weight is 561 g/mol. The van der Waals surface area contributed by atoms with Gasteiger partial charge in [0.05, 0.1) is 33.2 Å². The number of hydrogen-bond acceptors (Lipinski definition) is 6. The summed E-state index contributed by atoms with van der Waals surface area (Å²) in [5.74, 6) is -2.24. The molecule has 3 aromatic heterocycles. The molecule has 0 radical (unpaired) electrons. The van der Waals surface area contributed by atoms with Gasteiger partial charge in [0.25, 0.3) is 5.91 Å². The summed E-state index contributed by atoms with van der Waals surface area (Å²) < 4.78 is 39.6. The number of carboxylic acids is 1. The molecule has 0 saturated carbocycles. The van der Waals surface area contributed by atoms with Gasteiger partial charge in [0.15, 0.2) is 11.5 Å². The van der Waals surface area contributed by atoms with Gasteiger partial charge >= 0.3 is 12.1 Å². The molecule has 4 aromatic rings. The first kappa shape index (κ1) is 25.4. The van der Waals surface area contributed by atoms with Gasteiger partial charge in [-0.15, -0.1) is 5.10 Å². The van der Waals surface area contributed by atoms with Gasteiger partial charge in [-0.2, -0.15) is 28.2 Å². The van der Waals surface area contributed by atoms with Crippen LogP contribution in [0.4, 0.5) is 18.9 Å². The maximum atomic E-state index is 13.2. The molecule has 3 heterocycles. The maximum absolute atomic E-state index is 13.2. The molecule has 1 aromatic carbocycles. The van der Waals surface area contributed by atoms with Crippen LogP contribution >= 0.6 is 34.8 Å². The van der Waals surface area contributed by atoms with E-state index < -0.39 is 23.7 Å². The van der Waals surface area contributed by atoms with Crippen LogP contribution in [0.3, 0.4) is 0 Å². The number of aromatic nitrogens is 6. The van der Waals surface area contributed by atoms with Crippen LogP contribution in [-0.2, 0) is 12.7 Å². The number of carbonyl (C=O) groups is 2. The number of amides is 1. The normalized spacial score (nSPS) is 11.5. The van der Waals surface area contributed by atoms with Gasteiger partial charge in [-0.1, -0.05) is 34.8 Å². The monoisotopic (exact) mass is 559 g/mol. The molecule has 16 heteroatoms. The van der Waals surface area contributed by atoms with Crippen LogP contribution in [0.5, 0.6) is 0 Å². The number of nitrogens with zero attached hydrogens (tertiary/aromatic N) is 6. The molecule has 0 unspecified atom stereocenters. The standard InChI is InChI=1S/C20H11Cl3F3N7O3/c21-9-4-11(19(35)36)16(13(23)5-9)29-18(34)14-6-10(8-32-28-7-15(31-32)20(24,25)26)30-33(14)17-12(22)2-1-3-27-17/h1-7H,8H2,(H,29,34)(H,35,36). The number of rotatable bonds is 6. The van der Waals surface area contributed by atoms with Gasteiger partial charge in [-0.05, 0) is 30.3 Å². The largest absolute Gasteiger partial charge is 0.478 e. The van der Waals surface area contributed by atoms with Crippen molar-refractivity contribution in [1.82, 2.24) is 29.8 Å². The van der Waals surface area contributed by atoms with E-state index >= 15 is 0 Å². The van der Waals surface area contributed by atoms with Crippen molar-refractivity contribution in [3.05, 3.63) is 80.4 Å². The van der Waals surface area contributed by atoms with Gasteiger partial charge in [0.1, 0.15) is 12.2 Å². The van der Waals surface area contributed by atoms with Crippen LogP contribution < -0.4 is 5.32 Å². The number of aromatic carboxylic acids is 1. The molecular weight excluding hydrogens is 550 g/mol. The summed E-state index contributed by atoms with van der Waals surface area (Å²) >= 11 is 18.2. The van der Waals surface area contributed by atoms with Crippen molar-refractivity contribution in [2.75, 3.05) is 5.32 Å². The van der Waals surface area contributed by atoms with Gasteiger partial charge in [-0.3, -0.25) is 4.79 Å². The smallest absolute Gasteiger partial charge is 0.436 e. The Bertz CT molecular complexity index is 1490. The Hall–Kier alpha value is -3.68. The number of carboxylic acid groups (broad SMARTS) is 1. The third-order valence-corrected chi connectivity index (χ3v) is 5.40. The van der Waals surface area contributed by atoms with Gasteiger partial charge in [-0.25, -0.2) is 14.5 Å². The van der Waals surface area contributed by atoms with E-state index in [2.05, 4.69) is 25.6 Å². The highest BCUT2D eigenvalue weighted by atomic mass is 35.5. The van der Waals surface area contributed by atoms with Gasteiger partial charge in [0.2, 0.25) is 0 Å². The lowest BCUT2D eigenvalue weighted by atomic mass is 10.1. The Morgan fingerprint density at radius 1 is 1.08 bits per heavy atom. The van der Waals surface area contributed by atoms with Gasteiger partial charge in [0, 0.05) is 11.2 Å². The molecule has 0 aliphatic heterocycles. The molecule has 10 nitrogen and oxygen atoms in total. The maximum Gasteiger partial charge on any atom is 0.436 e. The fourth-order valence-corrected chi connectivity index (χ4v) is 3.80. The number of halogens is 6. The number of carbonyl (C=O) groups excluding carboxylic acids is 1. The minimum Gasteiger partial charge on any atom is -0.478 e. The second-order valence-corrected chi connectivity index (χ2v) is 8.32. The van der Waals surface area contributed by atoms with Crippen molar-refractivity contribution >= 4 is 52.4 Å². The fraction of sp³-hybridized carbons (Fsp3) is 0.100. The van der Waals surface area contributed by atoms with E-state index in [0.717, 1.165) is 15.5 Å². The van der Waals surface area contributed by atoms with E-state index in [1.165, 1.54) is 30.5 Å². The number of nitrogens with one attached hydrogen (secondary N) is 1. The molecule has 0 aliphatic carbocycles. The highest BCUT2D eigenvalue weighted by Gasteiger charge is 2.34. The number of hydrogen-bond donors (Lipinski definition) is 2. The average Bonchev–Trinajstić information content (AvgIpc) is 3.43. The Morgan fingerprint density at radius 2 is 1.83 bits per heavy atom. The lowest BCUT2D eigenvalue weighted by molar-refractivity contribution is -0.141. The summed E-state index contributed by atoms with van der Waals surface area (Å²) in [6.07, 6.45) is -2.76. The first-order valence-corrected chi connectivity index (χ1v) is 10.8. The zero-order chi connectivity index (χ0) is 26.2. The van der Waals surface area contributed by atoms with Crippen LogP contribution in [0.2, 0.25) is 15.1 Å². The number of alkyl halides is 3. The van der Waals surface area contributed by atoms with Gasteiger partial charge < -0.3 is 10.4 Å². The van der Waals surface area contributed by atoms with Crippen molar-refractivity contribution in [3.63, 3.8) is 0 Å². The predicted octanol–water partition coefficient (Wildman–Crippen LogP) is 4.84. The highest BCUT2D eigenvalue weighted by molar-refractivity contribution is 6.38. The van der Waals surface area contributed by atoms with Crippen LogP contribution in [-0.4, -0.2) is 46.7 Å². The third-order valence-electron chi connectivity index (χ3n) is 4.59. The lowest BCUT2D eigenvalue weighted by Crippen LogP contribution is -2.19. The van der Waals surface area contributed by atoms with E-state index in [1.807, 2.05) is 0 Å². The predicted molar refractivity (Wildman–Crippen MR) is 122 cm³/mol. The Morgan fingerprint density at radius 3 is 2.47 bits per heavy atom. The molecule has 0 saturated heterocycles. The second kappa shape index (κ2) is 9.76. The Labute approximate surface area is 214 Å². The fourth-order valence-electron chi connectivity index (χ4n) is 3.06. The molecule has 0 aliphatic rings. The molecule has 0 fully saturated rings. The van der Waals surface area contributed by atoms with E-state index in [1.54, 1.807) is 0 Å². The van der Waals surface area contributed by atoms with Crippen molar-refractivity contribution in [3.8, 4) is 5.82 Å². The number of pyridine rings is 1. The van der Waals surface area contributed by atoms with E-state index in [-0.39, 0.29) is 50.1 Å². The van der Waals surface area contributed by atoms with Crippen LogP contribution in [0.15, 0.2) is 42.7 Å². The summed E-state index contributed by atoms with van der Waals surface area (Å²) in [6, 6.07) is 6.60. The quantitative estimate of drug-likeness (QED) is 0.345. The molecule has 0 atom stereocenters. The minimum atomic E-state index is -4.69. The SMILES string of the molecule is O=C(O)c1cc(Cl)cc(Cl)c1NC(=O)c1cc(Cn2ncc(C(F)(F)F)n2)nn1-c1ncccc1Cl. The molecular formula is C20H11Cl3F3N7O3. The first-order valence-electron chi connectivity index (χ1n) is 9.65. The van der Waals surface area contributed by atoms with Crippen molar-refractivity contribution < 1.29 is 27.9 Å². The summed E-state index contributed by atoms with van der Waals surface area (Å²) in [4.78, 5) is 29.7. The molecule has 0 bridgehead atoms. The van der Waals surface area contributed by atoms with Crippen molar-refractivity contribution in [2.24, 2.45) is 0 Å². The van der Waals surface area contributed by atoms with Crippen molar-refractivity contribution in [1.29, 1.82) is 0 Å².